The van der Waals surface area contributed by atoms with Gasteiger partial charge in [-0.1, -0.05) is 0 Å². The van der Waals surface area contributed by atoms with E-state index in [1.54, 1.807) is 6.20 Å². The number of nitrogen functional groups attached to an aromatic ring is 1. The molecule has 0 unspecified atom stereocenters. The standard InChI is InChI=1S/C9H13N3O/c10-8-5-11-6-9(12-8)13-7-3-1-2-4-7/h5-7H,1-4H2,(H2,10,12). The zero-order chi connectivity index (χ0) is 9.10. The molecule has 2 N–H and O–H groups in total. The summed E-state index contributed by atoms with van der Waals surface area (Å²) in [5.41, 5.74) is 5.48. The van der Waals surface area contributed by atoms with Gasteiger partial charge in [-0.15, -0.1) is 0 Å². The topological polar surface area (TPSA) is 61.0 Å². The molecule has 1 aromatic rings. The van der Waals surface area contributed by atoms with Gasteiger partial charge < -0.3 is 10.5 Å². The summed E-state index contributed by atoms with van der Waals surface area (Å²) in [6, 6.07) is 0. The molecular weight excluding hydrogens is 166 g/mol. The first-order valence-corrected chi connectivity index (χ1v) is 4.59. The monoisotopic (exact) mass is 179 g/mol. The second-order valence-corrected chi connectivity index (χ2v) is 3.31. The van der Waals surface area contributed by atoms with Crippen LogP contribution < -0.4 is 10.5 Å². The summed E-state index contributed by atoms with van der Waals surface area (Å²) in [4.78, 5) is 7.94. The van der Waals surface area contributed by atoms with Crippen LogP contribution >= 0.6 is 0 Å². The summed E-state index contributed by atoms with van der Waals surface area (Å²) in [6.07, 6.45) is 8.18. The number of nitrogens with two attached hydrogens (primary N) is 1. The first-order chi connectivity index (χ1) is 6.34. The van der Waals surface area contributed by atoms with Gasteiger partial charge in [0.15, 0.2) is 0 Å². The molecule has 4 heteroatoms. The maximum absolute atomic E-state index is 5.60. The molecule has 70 valence electrons. The van der Waals surface area contributed by atoms with E-state index in [2.05, 4.69) is 9.97 Å². The normalized spacial score (nSPS) is 17.5. The summed E-state index contributed by atoms with van der Waals surface area (Å²) in [7, 11) is 0. The predicted molar refractivity (Wildman–Crippen MR) is 49.3 cm³/mol. The number of ether oxygens (including phenoxy) is 1. The number of anilines is 1. The molecule has 0 saturated heterocycles. The summed E-state index contributed by atoms with van der Waals surface area (Å²) in [5, 5.41) is 0. The summed E-state index contributed by atoms with van der Waals surface area (Å²) in [5.74, 6) is 0.961. The summed E-state index contributed by atoms with van der Waals surface area (Å²) >= 11 is 0. The highest BCUT2D eigenvalue weighted by atomic mass is 16.5. The fraction of sp³-hybridized carbons (Fsp3) is 0.556. The van der Waals surface area contributed by atoms with E-state index >= 15 is 0 Å². The molecule has 1 aliphatic carbocycles. The van der Waals surface area contributed by atoms with E-state index in [4.69, 9.17) is 10.5 Å². The van der Waals surface area contributed by atoms with E-state index in [0.29, 0.717) is 17.8 Å². The van der Waals surface area contributed by atoms with Gasteiger partial charge in [-0.05, 0) is 25.7 Å². The molecule has 0 aliphatic heterocycles. The molecular formula is C9H13N3O. The number of rotatable bonds is 2. The summed E-state index contributed by atoms with van der Waals surface area (Å²) < 4.78 is 5.60. The van der Waals surface area contributed by atoms with Crippen molar-refractivity contribution in [2.24, 2.45) is 0 Å². The van der Waals surface area contributed by atoms with Crippen molar-refractivity contribution >= 4 is 5.82 Å². The molecule has 13 heavy (non-hydrogen) atoms. The largest absolute Gasteiger partial charge is 0.473 e. The molecule has 0 atom stereocenters. The molecule has 0 bridgehead atoms. The fourth-order valence-electron chi connectivity index (χ4n) is 1.60. The lowest BCUT2D eigenvalue weighted by molar-refractivity contribution is 0.201. The van der Waals surface area contributed by atoms with E-state index in [0.717, 1.165) is 12.8 Å². The smallest absolute Gasteiger partial charge is 0.234 e. The van der Waals surface area contributed by atoms with Crippen LogP contribution in [-0.2, 0) is 0 Å². The van der Waals surface area contributed by atoms with Crippen molar-refractivity contribution < 1.29 is 4.74 Å². The lowest BCUT2D eigenvalue weighted by Gasteiger charge is -2.11. The van der Waals surface area contributed by atoms with Crippen molar-refractivity contribution in [2.45, 2.75) is 31.8 Å². The van der Waals surface area contributed by atoms with Gasteiger partial charge in [-0.3, -0.25) is 4.98 Å². The third-order valence-electron chi connectivity index (χ3n) is 2.22. The van der Waals surface area contributed by atoms with Crippen LogP contribution in [0.2, 0.25) is 0 Å². The number of nitrogens with zero attached hydrogens (tertiary/aromatic N) is 2. The SMILES string of the molecule is Nc1cncc(OC2CCCC2)n1. The Kier molecular flexibility index (Phi) is 2.29. The lowest BCUT2D eigenvalue weighted by atomic mass is 10.3. The van der Waals surface area contributed by atoms with Crippen LogP contribution in [0.15, 0.2) is 12.4 Å². The molecule has 1 fully saturated rings. The van der Waals surface area contributed by atoms with Crippen LogP contribution in [0.1, 0.15) is 25.7 Å². The van der Waals surface area contributed by atoms with Crippen molar-refractivity contribution in [2.75, 3.05) is 5.73 Å². The van der Waals surface area contributed by atoms with E-state index in [1.807, 2.05) is 0 Å². The van der Waals surface area contributed by atoms with Crippen LogP contribution in [0.4, 0.5) is 5.82 Å². The maximum Gasteiger partial charge on any atom is 0.234 e. The molecule has 4 nitrogen and oxygen atoms in total. The maximum atomic E-state index is 5.60. The van der Waals surface area contributed by atoms with Crippen LogP contribution in [-0.4, -0.2) is 16.1 Å². The highest BCUT2D eigenvalue weighted by Crippen LogP contribution is 2.22. The van der Waals surface area contributed by atoms with Crippen molar-refractivity contribution in [3.63, 3.8) is 0 Å². The van der Waals surface area contributed by atoms with E-state index in [1.165, 1.54) is 19.0 Å². The first kappa shape index (κ1) is 8.29. The molecule has 0 spiro atoms. The minimum absolute atomic E-state index is 0.316. The second kappa shape index (κ2) is 3.60. The molecule has 1 heterocycles. The number of aromatic nitrogens is 2. The average molecular weight is 179 g/mol. The average Bonchev–Trinajstić information content (AvgIpc) is 2.57. The Morgan fingerprint density at radius 2 is 2.08 bits per heavy atom. The van der Waals surface area contributed by atoms with Gasteiger partial charge in [0.25, 0.3) is 0 Å². The van der Waals surface area contributed by atoms with Gasteiger partial charge >= 0.3 is 0 Å². The van der Waals surface area contributed by atoms with Gasteiger partial charge in [-0.2, -0.15) is 4.98 Å². The molecule has 1 saturated carbocycles. The molecule has 1 aromatic heterocycles. The Bertz CT molecular complexity index is 284. The Morgan fingerprint density at radius 1 is 1.31 bits per heavy atom. The van der Waals surface area contributed by atoms with Gasteiger partial charge in [0.2, 0.25) is 5.88 Å². The van der Waals surface area contributed by atoms with Crippen molar-refractivity contribution in [3.05, 3.63) is 12.4 Å². The van der Waals surface area contributed by atoms with E-state index < -0.39 is 0 Å². The molecule has 0 amide bonds. The molecule has 1 aliphatic rings. The third kappa shape index (κ3) is 2.08. The van der Waals surface area contributed by atoms with Gasteiger partial charge in [0.1, 0.15) is 11.9 Å². The Balaban J connectivity index is 2.00. The Hall–Kier alpha value is -1.32. The van der Waals surface area contributed by atoms with Crippen LogP contribution in [0.5, 0.6) is 5.88 Å². The van der Waals surface area contributed by atoms with Crippen molar-refractivity contribution in [1.82, 2.24) is 9.97 Å². The number of hydrogen-bond acceptors (Lipinski definition) is 4. The fourth-order valence-corrected chi connectivity index (χ4v) is 1.60. The van der Waals surface area contributed by atoms with Crippen LogP contribution in [0, 0.1) is 0 Å². The van der Waals surface area contributed by atoms with Crippen LogP contribution in [0.3, 0.4) is 0 Å². The minimum atomic E-state index is 0.316. The molecule has 2 rings (SSSR count). The zero-order valence-electron chi connectivity index (χ0n) is 7.44. The molecule has 0 radical (unpaired) electrons. The van der Waals surface area contributed by atoms with Crippen molar-refractivity contribution in [3.8, 4) is 5.88 Å². The Labute approximate surface area is 77.1 Å². The Morgan fingerprint density at radius 3 is 2.77 bits per heavy atom. The highest BCUT2D eigenvalue weighted by molar-refractivity contribution is 5.26. The van der Waals surface area contributed by atoms with Gasteiger partial charge in [-0.25, -0.2) is 0 Å². The predicted octanol–water partition coefficient (Wildman–Crippen LogP) is 1.38. The van der Waals surface area contributed by atoms with Gasteiger partial charge in [0.05, 0.1) is 12.4 Å². The molecule has 0 aromatic carbocycles. The third-order valence-corrected chi connectivity index (χ3v) is 2.22. The van der Waals surface area contributed by atoms with E-state index in [9.17, 15) is 0 Å². The lowest BCUT2D eigenvalue weighted by Crippen LogP contribution is -2.12. The highest BCUT2D eigenvalue weighted by Gasteiger charge is 2.16. The van der Waals surface area contributed by atoms with Crippen LogP contribution in [0.25, 0.3) is 0 Å². The first-order valence-electron chi connectivity index (χ1n) is 4.59. The zero-order valence-corrected chi connectivity index (χ0v) is 7.44. The summed E-state index contributed by atoms with van der Waals surface area (Å²) in [6.45, 7) is 0. The second-order valence-electron chi connectivity index (χ2n) is 3.31. The number of hydrogen-bond donors (Lipinski definition) is 1. The van der Waals surface area contributed by atoms with Crippen molar-refractivity contribution in [1.29, 1.82) is 0 Å². The van der Waals surface area contributed by atoms with E-state index in [-0.39, 0.29) is 0 Å². The quantitative estimate of drug-likeness (QED) is 0.745. The van der Waals surface area contributed by atoms with Gasteiger partial charge in [0, 0.05) is 0 Å². The minimum Gasteiger partial charge on any atom is -0.473 e.